The third kappa shape index (κ3) is 3.96. The Balaban J connectivity index is 1.91. The van der Waals surface area contributed by atoms with Crippen molar-refractivity contribution in [2.24, 2.45) is 0 Å². The predicted molar refractivity (Wildman–Crippen MR) is 119 cm³/mol. The highest BCUT2D eigenvalue weighted by molar-refractivity contribution is 7.86. The molecule has 0 saturated heterocycles. The summed E-state index contributed by atoms with van der Waals surface area (Å²) < 4.78 is 33.6. The van der Waals surface area contributed by atoms with E-state index in [1.165, 1.54) is 18.2 Å². The summed E-state index contributed by atoms with van der Waals surface area (Å²) in [5.74, 6) is -1.86. The molecule has 6 N–H and O–H groups in total. The van der Waals surface area contributed by atoms with Gasteiger partial charge in [0.2, 0.25) is 5.91 Å². The summed E-state index contributed by atoms with van der Waals surface area (Å²) in [6.07, 6.45) is 0. The van der Waals surface area contributed by atoms with Crippen molar-refractivity contribution in [1.82, 2.24) is 0 Å². The van der Waals surface area contributed by atoms with Crippen LogP contribution in [0.1, 0.15) is 31.8 Å². The number of benzene rings is 3. The first-order valence-corrected chi connectivity index (χ1v) is 11.0. The number of nitrogens with two attached hydrogens (primary N) is 1. The lowest BCUT2D eigenvalue weighted by Gasteiger charge is -2.23. The molecular weight excluding hydrogens is 450 g/mol. The van der Waals surface area contributed by atoms with Crippen LogP contribution in [0.4, 0.5) is 22.7 Å². The number of fused-ring (bicyclic) bond motifs is 2. The highest BCUT2D eigenvalue weighted by atomic mass is 32.2. The van der Waals surface area contributed by atoms with Crippen molar-refractivity contribution in [2.45, 2.75) is 4.90 Å². The third-order valence-electron chi connectivity index (χ3n) is 5.05. The fraction of sp³-hybridized carbons (Fsp3) is 0.0455. The minimum absolute atomic E-state index is 0.0638. The Morgan fingerprint density at radius 3 is 2.12 bits per heavy atom. The third-order valence-corrected chi connectivity index (χ3v) is 5.94. The maximum Gasteiger partial charge on any atom is 0.296 e. The van der Waals surface area contributed by atoms with Crippen LogP contribution in [0.15, 0.2) is 59.5 Å². The van der Waals surface area contributed by atoms with Gasteiger partial charge in [0.25, 0.3) is 10.1 Å². The van der Waals surface area contributed by atoms with E-state index in [0.29, 0.717) is 11.4 Å². The van der Waals surface area contributed by atoms with Crippen LogP contribution >= 0.6 is 0 Å². The number of carbonyl (C=O) groups excluding carboxylic acids is 3. The normalized spacial score (nSPS) is 12.7. The lowest BCUT2D eigenvalue weighted by molar-refractivity contribution is -0.118. The second-order valence-corrected chi connectivity index (χ2v) is 8.57. The summed E-state index contributed by atoms with van der Waals surface area (Å²) in [5, 5.41) is 14.2. The lowest BCUT2D eigenvalue weighted by atomic mass is 9.82. The van der Waals surface area contributed by atoms with Crippen molar-refractivity contribution in [3.63, 3.8) is 0 Å². The van der Waals surface area contributed by atoms with E-state index in [-0.39, 0.29) is 27.9 Å². The molecule has 4 rings (SSSR count). The largest absolute Gasteiger partial charge is 0.397 e. The fourth-order valence-corrected chi connectivity index (χ4v) is 4.28. The zero-order valence-electron chi connectivity index (χ0n) is 16.8. The van der Waals surface area contributed by atoms with Crippen LogP contribution < -0.4 is 16.4 Å². The minimum Gasteiger partial charge on any atom is -0.397 e. The van der Waals surface area contributed by atoms with Gasteiger partial charge in [0.1, 0.15) is 11.5 Å². The van der Waals surface area contributed by atoms with Crippen molar-refractivity contribution < 1.29 is 32.5 Å². The summed E-state index contributed by atoms with van der Waals surface area (Å²) in [6.45, 7) is -0.725. The van der Waals surface area contributed by atoms with Crippen LogP contribution in [0.25, 0.3) is 0 Å². The van der Waals surface area contributed by atoms with Crippen LogP contribution in [0.3, 0.4) is 0 Å². The van der Waals surface area contributed by atoms with E-state index in [9.17, 15) is 27.4 Å². The first-order valence-electron chi connectivity index (χ1n) is 9.52. The molecule has 0 radical (unpaired) electrons. The van der Waals surface area contributed by atoms with Gasteiger partial charge in [-0.2, -0.15) is 8.42 Å². The van der Waals surface area contributed by atoms with Gasteiger partial charge >= 0.3 is 0 Å². The molecule has 0 aliphatic heterocycles. The number of aliphatic hydroxyl groups is 1. The average molecular weight is 467 g/mol. The van der Waals surface area contributed by atoms with E-state index < -0.39 is 44.8 Å². The molecule has 33 heavy (non-hydrogen) atoms. The summed E-state index contributed by atoms with van der Waals surface area (Å²) in [4.78, 5) is 37.2. The van der Waals surface area contributed by atoms with Crippen molar-refractivity contribution in [2.75, 3.05) is 23.0 Å². The Labute approximate surface area is 187 Å². The zero-order valence-corrected chi connectivity index (χ0v) is 17.6. The second kappa shape index (κ2) is 8.13. The zero-order chi connectivity index (χ0) is 23.9. The Kier molecular flexibility index (Phi) is 5.46. The smallest absolute Gasteiger partial charge is 0.296 e. The number of hydrogen-bond acceptors (Lipinski definition) is 8. The molecule has 0 saturated carbocycles. The van der Waals surface area contributed by atoms with Crippen LogP contribution in [-0.4, -0.2) is 42.2 Å². The average Bonchev–Trinajstić information content (AvgIpc) is 2.77. The van der Waals surface area contributed by atoms with E-state index >= 15 is 0 Å². The second-order valence-electron chi connectivity index (χ2n) is 7.18. The van der Waals surface area contributed by atoms with Gasteiger partial charge < -0.3 is 21.5 Å². The molecule has 1 aliphatic rings. The van der Waals surface area contributed by atoms with Crippen LogP contribution in [0.2, 0.25) is 0 Å². The van der Waals surface area contributed by atoms with Crippen molar-refractivity contribution in [3.05, 3.63) is 76.9 Å². The summed E-state index contributed by atoms with van der Waals surface area (Å²) >= 11 is 0. The molecule has 0 heterocycles. The topological polar surface area (TPSA) is 176 Å². The summed E-state index contributed by atoms with van der Waals surface area (Å²) in [7, 11) is -4.84. The van der Waals surface area contributed by atoms with Gasteiger partial charge in [0.15, 0.2) is 11.6 Å². The van der Waals surface area contributed by atoms with E-state index in [2.05, 4.69) is 10.6 Å². The quantitative estimate of drug-likeness (QED) is 0.217. The monoisotopic (exact) mass is 467 g/mol. The number of amides is 1. The van der Waals surface area contributed by atoms with Gasteiger partial charge in [-0.3, -0.25) is 18.9 Å². The first kappa shape index (κ1) is 22.1. The Morgan fingerprint density at radius 1 is 0.909 bits per heavy atom. The number of hydrogen-bond donors (Lipinski definition) is 5. The SMILES string of the molecule is Nc1c(S(=O)(=O)O)cc(Nc2cccc(NC(=O)CO)c2)c2c1C(=O)c1ccccc1C2=O. The molecule has 0 atom stereocenters. The molecule has 1 amide bonds. The van der Waals surface area contributed by atoms with Crippen molar-refractivity contribution >= 4 is 50.3 Å². The Bertz CT molecular complexity index is 1450. The fourth-order valence-electron chi connectivity index (χ4n) is 3.64. The number of nitrogen functional groups attached to an aromatic ring is 1. The summed E-state index contributed by atoms with van der Waals surface area (Å²) in [6, 6.07) is 13.2. The van der Waals surface area contributed by atoms with E-state index in [0.717, 1.165) is 6.07 Å². The number of rotatable bonds is 5. The molecule has 1 aliphatic carbocycles. The molecule has 3 aromatic rings. The number of nitrogens with one attached hydrogen (secondary N) is 2. The van der Waals surface area contributed by atoms with Gasteiger partial charge in [-0.25, -0.2) is 0 Å². The van der Waals surface area contributed by atoms with Gasteiger partial charge in [0.05, 0.1) is 22.5 Å². The number of ketones is 2. The lowest BCUT2D eigenvalue weighted by Crippen LogP contribution is -2.25. The Hall–Kier alpha value is -4.06. The van der Waals surface area contributed by atoms with E-state index in [4.69, 9.17) is 10.8 Å². The van der Waals surface area contributed by atoms with Gasteiger partial charge in [0, 0.05) is 22.5 Å². The number of aliphatic hydroxyl groups excluding tert-OH is 1. The van der Waals surface area contributed by atoms with Crippen LogP contribution in [0.5, 0.6) is 0 Å². The summed E-state index contributed by atoms with van der Waals surface area (Å²) in [5.41, 5.74) is 5.68. The van der Waals surface area contributed by atoms with E-state index in [1.807, 2.05) is 0 Å². The van der Waals surface area contributed by atoms with Gasteiger partial charge in [-0.05, 0) is 24.3 Å². The number of anilines is 4. The maximum absolute atomic E-state index is 13.3. The molecule has 0 bridgehead atoms. The van der Waals surface area contributed by atoms with Crippen molar-refractivity contribution in [3.8, 4) is 0 Å². The molecule has 168 valence electrons. The van der Waals surface area contributed by atoms with Crippen LogP contribution in [-0.2, 0) is 14.9 Å². The van der Waals surface area contributed by atoms with E-state index in [1.54, 1.807) is 30.3 Å². The van der Waals surface area contributed by atoms with Crippen molar-refractivity contribution in [1.29, 1.82) is 0 Å². The molecule has 3 aromatic carbocycles. The van der Waals surface area contributed by atoms with Gasteiger partial charge in [-0.1, -0.05) is 30.3 Å². The van der Waals surface area contributed by atoms with Crippen LogP contribution in [0, 0.1) is 0 Å². The highest BCUT2D eigenvalue weighted by Gasteiger charge is 2.36. The molecule has 0 unspecified atom stereocenters. The molecular formula is C22H17N3O7S. The molecule has 0 spiro atoms. The molecule has 0 fully saturated rings. The first-order chi connectivity index (χ1) is 15.6. The minimum atomic E-state index is -4.84. The van der Waals surface area contributed by atoms with Gasteiger partial charge in [-0.15, -0.1) is 0 Å². The highest BCUT2D eigenvalue weighted by Crippen LogP contribution is 2.40. The Morgan fingerprint density at radius 2 is 1.52 bits per heavy atom. The molecule has 11 heteroatoms. The molecule has 0 aromatic heterocycles. The standard InChI is InChI=1S/C22H17N3O7S/c23-20-16(33(30,31)32)9-15(24-11-4-3-5-12(8-11)25-17(27)10-26)18-19(20)22(29)14-7-2-1-6-13(14)21(18)28/h1-9,24,26H,10,23H2,(H,25,27)(H,30,31,32). The predicted octanol–water partition coefficient (Wildman–Crippen LogP) is 1.97. The number of carbonyl (C=O) groups is 3. The maximum atomic E-state index is 13.3. The molecule has 10 nitrogen and oxygen atoms in total.